The standard InChI is InChI=1S/C30H25N3O4/c1-20(37-25-17-13-22(14-18-25)21-7-3-2-4-8-21)29(35)31-24-15-11-23(12-16-24)30(36)33-19-28(34)32-26-9-5-6-10-27(26)33/h2-18,20H,19H2,1H3,(H,31,35)(H,32,34). The predicted molar refractivity (Wildman–Crippen MR) is 144 cm³/mol. The second kappa shape index (κ2) is 10.4. The Morgan fingerprint density at radius 3 is 2.22 bits per heavy atom. The van der Waals surface area contributed by atoms with Gasteiger partial charge in [-0.05, 0) is 66.6 Å². The first-order valence-corrected chi connectivity index (χ1v) is 11.9. The van der Waals surface area contributed by atoms with Gasteiger partial charge >= 0.3 is 0 Å². The molecule has 0 fully saturated rings. The third kappa shape index (κ3) is 5.36. The van der Waals surface area contributed by atoms with Crippen LogP contribution in [0.3, 0.4) is 0 Å². The number of nitrogens with zero attached hydrogens (tertiary/aromatic N) is 1. The second-order valence-electron chi connectivity index (χ2n) is 8.67. The molecule has 0 aliphatic carbocycles. The molecule has 1 aliphatic rings. The van der Waals surface area contributed by atoms with Gasteiger partial charge in [0, 0.05) is 11.3 Å². The minimum Gasteiger partial charge on any atom is -0.481 e. The Labute approximate surface area is 214 Å². The van der Waals surface area contributed by atoms with Crippen LogP contribution in [0.4, 0.5) is 17.1 Å². The highest BCUT2D eigenvalue weighted by molar-refractivity contribution is 6.15. The Hall–Kier alpha value is -4.91. The van der Waals surface area contributed by atoms with Crippen LogP contribution < -0.4 is 20.3 Å². The Bertz CT molecular complexity index is 1430. The molecule has 7 nitrogen and oxygen atoms in total. The van der Waals surface area contributed by atoms with Crippen molar-refractivity contribution in [3.8, 4) is 16.9 Å². The van der Waals surface area contributed by atoms with Crippen molar-refractivity contribution in [2.75, 3.05) is 22.1 Å². The average Bonchev–Trinajstić information content (AvgIpc) is 2.93. The summed E-state index contributed by atoms with van der Waals surface area (Å²) in [6, 6.07) is 31.3. The maximum absolute atomic E-state index is 13.1. The maximum Gasteiger partial charge on any atom is 0.265 e. The molecule has 3 amide bonds. The van der Waals surface area contributed by atoms with Gasteiger partial charge in [0.2, 0.25) is 5.91 Å². The Balaban J connectivity index is 1.20. The summed E-state index contributed by atoms with van der Waals surface area (Å²) in [4.78, 5) is 39.3. The summed E-state index contributed by atoms with van der Waals surface area (Å²) in [5, 5.41) is 5.59. The first-order chi connectivity index (χ1) is 18.0. The Kier molecular flexibility index (Phi) is 6.68. The smallest absolute Gasteiger partial charge is 0.265 e. The lowest BCUT2D eigenvalue weighted by molar-refractivity contribution is -0.122. The van der Waals surface area contributed by atoms with Gasteiger partial charge in [0.25, 0.3) is 11.8 Å². The zero-order valence-corrected chi connectivity index (χ0v) is 20.2. The van der Waals surface area contributed by atoms with Crippen LogP contribution >= 0.6 is 0 Å². The first kappa shape index (κ1) is 23.8. The summed E-state index contributed by atoms with van der Waals surface area (Å²) in [6.07, 6.45) is -0.729. The molecule has 1 unspecified atom stereocenters. The molecular weight excluding hydrogens is 466 g/mol. The predicted octanol–water partition coefficient (Wildman–Crippen LogP) is 5.36. The molecule has 0 saturated carbocycles. The molecule has 0 radical (unpaired) electrons. The minimum absolute atomic E-state index is 0.0600. The number of hydrogen-bond acceptors (Lipinski definition) is 4. The largest absolute Gasteiger partial charge is 0.481 e. The highest BCUT2D eigenvalue weighted by Gasteiger charge is 2.27. The number of ether oxygens (including phenoxy) is 1. The number of carbonyl (C=O) groups excluding carboxylic acids is 3. The fourth-order valence-corrected chi connectivity index (χ4v) is 4.12. The van der Waals surface area contributed by atoms with Gasteiger partial charge in [0.1, 0.15) is 12.3 Å². The van der Waals surface area contributed by atoms with Gasteiger partial charge in [-0.3, -0.25) is 19.3 Å². The summed E-state index contributed by atoms with van der Waals surface area (Å²) in [5.41, 5.74) is 4.35. The summed E-state index contributed by atoms with van der Waals surface area (Å²) in [7, 11) is 0. The van der Waals surface area contributed by atoms with E-state index in [-0.39, 0.29) is 24.3 Å². The maximum atomic E-state index is 13.1. The van der Waals surface area contributed by atoms with Crippen LogP contribution in [0.25, 0.3) is 11.1 Å². The lowest BCUT2D eigenvalue weighted by Gasteiger charge is -2.29. The van der Waals surface area contributed by atoms with Crippen molar-refractivity contribution in [1.29, 1.82) is 0 Å². The fourth-order valence-electron chi connectivity index (χ4n) is 4.12. The summed E-state index contributed by atoms with van der Waals surface area (Å²) in [6.45, 7) is 1.62. The number of hydrogen-bond donors (Lipinski definition) is 2. The van der Waals surface area contributed by atoms with E-state index in [1.165, 1.54) is 4.90 Å². The third-order valence-corrected chi connectivity index (χ3v) is 6.06. The number of amides is 3. The van der Waals surface area contributed by atoms with Gasteiger partial charge in [-0.25, -0.2) is 0 Å². The molecule has 0 bridgehead atoms. The number of anilines is 3. The minimum atomic E-state index is -0.729. The van der Waals surface area contributed by atoms with Gasteiger partial charge in [-0.1, -0.05) is 54.6 Å². The zero-order valence-electron chi connectivity index (χ0n) is 20.2. The number of para-hydroxylation sites is 2. The zero-order chi connectivity index (χ0) is 25.8. The average molecular weight is 492 g/mol. The number of benzene rings is 4. The lowest BCUT2D eigenvalue weighted by Crippen LogP contribution is -2.42. The van der Waals surface area contributed by atoms with Crippen molar-refractivity contribution in [2.24, 2.45) is 0 Å². The van der Waals surface area contributed by atoms with Gasteiger partial charge in [0.15, 0.2) is 6.10 Å². The topological polar surface area (TPSA) is 87.7 Å². The van der Waals surface area contributed by atoms with Crippen molar-refractivity contribution >= 4 is 34.8 Å². The number of carbonyl (C=O) groups is 3. The van der Waals surface area contributed by atoms with Gasteiger partial charge in [-0.2, -0.15) is 0 Å². The Morgan fingerprint density at radius 2 is 1.49 bits per heavy atom. The molecule has 184 valence electrons. The number of fused-ring (bicyclic) bond motifs is 1. The van der Waals surface area contributed by atoms with E-state index in [0.29, 0.717) is 28.4 Å². The van der Waals surface area contributed by atoms with Crippen molar-refractivity contribution < 1.29 is 19.1 Å². The fraction of sp³-hybridized carbons (Fsp3) is 0.100. The summed E-state index contributed by atoms with van der Waals surface area (Å²) in [5.74, 6) is -0.266. The molecule has 4 aromatic rings. The molecule has 7 heteroatoms. The summed E-state index contributed by atoms with van der Waals surface area (Å²) >= 11 is 0. The van der Waals surface area contributed by atoms with Crippen LogP contribution in [0, 0.1) is 0 Å². The molecule has 5 rings (SSSR count). The molecule has 4 aromatic carbocycles. The molecule has 0 aromatic heterocycles. The molecule has 1 atom stereocenters. The van der Waals surface area contributed by atoms with E-state index in [0.717, 1.165) is 11.1 Å². The van der Waals surface area contributed by atoms with Crippen LogP contribution in [-0.4, -0.2) is 30.4 Å². The molecule has 0 saturated heterocycles. The van der Waals surface area contributed by atoms with Crippen LogP contribution in [0.2, 0.25) is 0 Å². The van der Waals surface area contributed by atoms with E-state index in [1.807, 2.05) is 60.7 Å². The van der Waals surface area contributed by atoms with E-state index in [2.05, 4.69) is 10.6 Å². The monoisotopic (exact) mass is 491 g/mol. The van der Waals surface area contributed by atoms with Crippen molar-refractivity contribution in [2.45, 2.75) is 13.0 Å². The second-order valence-corrected chi connectivity index (χ2v) is 8.67. The van der Waals surface area contributed by atoms with E-state index in [1.54, 1.807) is 49.4 Å². The molecule has 0 spiro atoms. The third-order valence-electron chi connectivity index (χ3n) is 6.06. The molecular formula is C30H25N3O4. The highest BCUT2D eigenvalue weighted by atomic mass is 16.5. The SMILES string of the molecule is CC(Oc1ccc(-c2ccccc2)cc1)C(=O)Nc1ccc(C(=O)N2CC(=O)Nc3ccccc32)cc1. The van der Waals surface area contributed by atoms with Crippen molar-refractivity contribution in [1.82, 2.24) is 0 Å². The normalized spacial score (nSPS) is 13.2. The van der Waals surface area contributed by atoms with E-state index < -0.39 is 6.10 Å². The van der Waals surface area contributed by atoms with E-state index in [4.69, 9.17) is 4.74 Å². The van der Waals surface area contributed by atoms with Crippen LogP contribution in [-0.2, 0) is 9.59 Å². The van der Waals surface area contributed by atoms with Crippen LogP contribution in [0.15, 0.2) is 103 Å². The van der Waals surface area contributed by atoms with Gasteiger partial charge in [0.05, 0.1) is 11.4 Å². The van der Waals surface area contributed by atoms with E-state index in [9.17, 15) is 14.4 Å². The van der Waals surface area contributed by atoms with Crippen molar-refractivity contribution in [3.05, 3.63) is 109 Å². The molecule has 2 N–H and O–H groups in total. The van der Waals surface area contributed by atoms with Crippen LogP contribution in [0.1, 0.15) is 17.3 Å². The van der Waals surface area contributed by atoms with E-state index >= 15 is 0 Å². The Morgan fingerprint density at radius 1 is 0.838 bits per heavy atom. The molecule has 1 heterocycles. The number of rotatable bonds is 6. The molecule has 1 aliphatic heterocycles. The van der Waals surface area contributed by atoms with Crippen molar-refractivity contribution in [3.63, 3.8) is 0 Å². The quantitative estimate of drug-likeness (QED) is 0.380. The highest BCUT2D eigenvalue weighted by Crippen LogP contribution is 2.30. The molecule has 37 heavy (non-hydrogen) atoms. The number of nitrogens with one attached hydrogen (secondary N) is 2. The van der Waals surface area contributed by atoms with Gasteiger partial charge < -0.3 is 15.4 Å². The van der Waals surface area contributed by atoms with Gasteiger partial charge in [-0.15, -0.1) is 0 Å². The lowest BCUT2D eigenvalue weighted by atomic mass is 10.1. The van der Waals surface area contributed by atoms with Crippen LogP contribution in [0.5, 0.6) is 5.75 Å². The summed E-state index contributed by atoms with van der Waals surface area (Å²) < 4.78 is 5.81. The first-order valence-electron chi connectivity index (χ1n) is 11.9.